The van der Waals surface area contributed by atoms with Gasteiger partial charge in [-0.2, -0.15) is 16.8 Å². The molecule has 0 aliphatic heterocycles. The highest BCUT2D eigenvalue weighted by atomic mass is 32.2. The van der Waals surface area contributed by atoms with E-state index in [9.17, 15) is 35.5 Å². The van der Waals surface area contributed by atoms with Crippen molar-refractivity contribution < 1.29 is 83.7 Å². The summed E-state index contributed by atoms with van der Waals surface area (Å²) in [7, 11) is -9.81. The summed E-state index contributed by atoms with van der Waals surface area (Å²) >= 11 is 1.08. The quantitative estimate of drug-likeness (QED) is 0.00917. The van der Waals surface area contributed by atoms with Gasteiger partial charge in [0.1, 0.15) is 55.8 Å². The lowest BCUT2D eigenvalue weighted by atomic mass is 9.65. The van der Waals surface area contributed by atoms with Gasteiger partial charge in [-0.1, -0.05) is 53.6 Å². The fraction of sp³-hybridized carbons (Fsp3) is 0.107. The minimum absolute atomic E-state index is 0.0589. The van der Waals surface area contributed by atoms with Gasteiger partial charge < -0.3 is 30.4 Å². The number of nitrogens with two attached hydrogens (primary N) is 2. The van der Waals surface area contributed by atoms with E-state index in [0.717, 1.165) is 55.4 Å². The zero-order chi connectivity index (χ0) is 56.6. The molecule has 1 saturated carbocycles. The van der Waals surface area contributed by atoms with Crippen LogP contribution in [0.5, 0.6) is 46.0 Å². The van der Waals surface area contributed by atoms with Crippen molar-refractivity contribution in [2.75, 3.05) is 11.5 Å². The van der Waals surface area contributed by atoms with Gasteiger partial charge in [0.2, 0.25) is 0 Å². The van der Waals surface area contributed by atoms with Gasteiger partial charge >= 0.3 is 0 Å². The van der Waals surface area contributed by atoms with E-state index in [1.54, 1.807) is 60.7 Å². The van der Waals surface area contributed by atoms with E-state index < -0.39 is 47.0 Å². The highest BCUT2D eigenvalue weighted by molar-refractivity contribution is 7.95. The molecule has 1 aliphatic carbocycles. The van der Waals surface area contributed by atoms with Gasteiger partial charge in [0.25, 0.3) is 20.2 Å². The minimum Gasteiger partial charge on any atom is -0.456 e. The molecule has 0 saturated heterocycles. The Balaban J connectivity index is 0.914. The molecule has 24 heteroatoms. The van der Waals surface area contributed by atoms with E-state index in [2.05, 4.69) is 14.4 Å². The van der Waals surface area contributed by atoms with Gasteiger partial charge in [-0.3, -0.25) is 18.7 Å². The number of benzene rings is 8. The minimum atomic E-state index is -4.94. The first-order valence-corrected chi connectivity index (χ1v) is 28.3. The highest BCUT2D eigenvalue weighted by Gasteiger charge is 2.36. The molecule has 0 bridgehead atoms. The highest BCUT2D eigenvalue weighted by Crippen LogP contribution is 2.47. The van der Waals surface area contributed by atoms with Gasteiger partial charge in [-0.15, -0.1) is 8.67 Å². The average Bonchev–Trinajstić information content (AvgIpc) is 3.46. The van der Waals surface area contributed by atoms with Gasteiger partial charge in [-0.05, 0) is 170 Å². The molecule has 1 fully saturated rings. The number of carbonyl (C=O) groups excluding carboxylic acids is 2. The van der Waals surface area contributed by atoms with Crippen molar-refractivity contribution in [1.82, 2.24) is 0 Å². The monoisotopic (exact) mass is 1160 g/mol. The largest absolute Gasteiger partial charge is 0.456 e. The number of rotatable bonds is 22. The second kappa shape index (κ2) is 24.7. The molecule has 412 valence electrons. The van der Waals surface area contributed by atoms with Crippen LogP contribution in [0.15, 0.2) is 189 Å². The van der Waals surface area contributed by atoms with Crippen molar-refractivity contribution in [2.24, 2.45) is 0 Å². The third kappa shape index (κ3) is 13.4. The Bertz CT molecular complexity index is 3790. The van der Waals surface area contributed by atoms with E-state index in [4.69, 9.17) is 45.3 Å². The third-order valence-electron chi connectivity index (χ3n) is 12.9. The van der Waals surface area contributed by atoms with Crippen LogP contribution in [0.4, 0.5) is 11.4 Å². The molecule has 80 heavy (non-hydrogen) atoms. The van der Waals surface area contributed by atoms with Crippen LogP contribution in [0, 0.1) is 0 Å². The van der Waals surface area contributed by atoms with Crippen LogP contribution in [0.25, 0.3) is 0 Å². The molecule has 0 amide bonds. The Morgan fingerprint density at radius 3 is 1.07 bits per heavy atom. The Labute approximate surface area is 466 Å². The van der Waals surface area contributed by atoms with Crippen LogP contribution in [0.3, 0.4) is 0 Å². The molecule has 0 heterocycles. The lowest BCUT2D eigenvalue weighted by molar-refractivity contribution is -0.432. The van der Waals surface area contributed by atoms with Crippen LogP contribution in [-0.2, 0) is 44.4 Å². The fourth-order valence-corrected chi connectivity index (χ4v) is 11.3. The van der Waals surface area contributed by atoms with Gasteiger partial charge in [-0.25, -0.2) is 10.5 Å². The van der Waals surface area contributed by atoms with Crippen molar-refractivity contribution >= 4 is 67.3 Å². The van der Waals surface area contributed by atoms with Crippen molar-refractivity contribution in [3.05, 3.63) is 203 Å². The molecule has 0 unspecified atom stereocenters. The fourth-order valence-electron chi connectivity index (χ4n) is 9.07. The molecule has 20 nitrogen and oxygen atoms in total. The lowest BCUT2D eigenvalue weighted by Crippen LogP contribution is -2.30. The lowest BCUT2D eigenvalue weighted by Gasteiger charge is -2.38. The van der Waals surface area contributed by atoms with E-state index in [1.165, 1.54) is 72.8 Å². The smallest absolute Gasteiger partial charge is 0.298 e. The maximum absolute atomic E-state index is 13.8. The van der Waals surface area contributed by atoms with Crippen molar-refractivity contribution in [2.45, 2.75) is 57.1 Å². The first kappa shape index (κ1) is 56.9. The van der Waals surface area contributed by atoms with Crippen LogP contribution >= 0.6 is 24.1 Å². The Hall–Kier alpha value is -7.82. The van der Waals surface area contributed by atoms with E-state index in [0.29, 0.717) is 47.0 Å². The molecule has 0 radical (unpaired) electrons. The molecular formula is C56H46N2O18S4. The number of hydrogen-bond donors (Lipinski definition) is 6. The number of ether oxygens (including phenoxy) is 4. The summed E-state index contributed by atoms with van der Waals surface area (Å²) in [5.74, 6) is -0.0330. The maximum atomic E-state index is 13.8. The molecule has 0 spiro atoms. The summed E-state index contributed by atoms with van der Waals surface area (Å²) < 4.78 is 104. The Morgan fingerprint density at radius 1 is 0.425 bits per heavy atom. The number of hydrogen-bond acceptors (Lipinski definition) is 20. The predicted molar refractivity (Wildman–Crippen MR) is 292 cm³/mol. The molecule has 8 aromatic rings. The summed E-state index contributed by atoms with van der Waals surface area (Å²) in [5, 5.41) is 25.4. The van der Waals surface area contributed by atoms with Crippen LogP contribution in [0.1, 0.15) is 75.1 Å². The third-order valence-corrected chi connectivity index (χ3v) is 15.9. The summed E-state index contributed by atoms with van der Waals surface area (Å²) in [6.45, 7) is 0. The molecule has 0 atom stereocenters. The topological polar surface area (TPSA) is 309 Å². The first-order valence-electron chi connectivity index (χ1n) is 23.9. The average molecular weight is 1160 g/mol. The SMILES string of the molecule is Nc1ccc(Oc2ccc(C(=O)c3ccc(Oc4ccc(C5(c6ccc(Oc7ccc(C(=O)c8ccc(Oc9ccc(N)cc9)c(S(=O)(=O)O)c8)cc7SOOO)cc6)CCCCC5)cc4)c(S(=O)(=O)O)c3)cc2SOOO)cc1. The van der Waals surface area contributed by atoms with Crippen LogP contribution in [0.2, 0.25) is 0 Å². The Morgan fingerprint density at radius 2 is 0.738 bits per heavy atom. The predicted octanol–water partition coefficient (Wildman–Crippen LogP) is 13.1. The van der Waals surface area contributed by atoms with E-state index >= 15 is 0 Å². The van der Waals surface area contributed by atoms with Crippen molar-refractivity contribution in [3.8, 4) is 46.0 Å². The molecule has 0 aromatic heterocycles. The van der Waals surface area contributed by atoms with Crippen molar-refractivity contribution in [1.29, 1.82) is 0 Å². The van der Waals surface area contributed by atoms with Crippen LogP contribution < -0.4 is 30.4 Å². The zero-order valence-corrected chi connectivity index (χ0v) is 44.8. The van der Waals surface area contributed by atoms with Gasteiger partial charge in [0, 0.05) is 39.0 Å². The summed E-state index contributed by atoms with van der Waals surface area (Å²) in [6.07, 6.45) is 4.50. The normalized spacial score (nSPS) is 13.3. The molecule has 1 aliphatic rings. The second-order valence-electron chi connectivity index (χ2n) is 17.9. The number of carbonyl (C=O) groups is 2. The maximum Gasteiger partial charge on any atom is 0.298 e. The Kier molecular flexibility index (Phi) is 17.6. The van der Waals surface area contributed by atoms with E-state index in [-0.39, 0.29) is 66.5 Å². The molecule has 8 aromatic carbocycles. The summed E-state index contributed by atoms with van der Waals surface area (Å²) in [6, 6.07) is 43.0. The molecule has 8 N–H and O–H groups in total. The van der Waals surface area contributed by atoms with Crippen molar-refractivity contribution in [3.63, 3.8) is 0 Å². The second-order valence-corrected chi connectivity index (χ2v) is 22.2. The van der Waals surface area contributed by atoms with E-state index in [1.807, 2.05) is 24.3 Å². The summed E-state index contributed by atoms with van der Waals surface area (Å²) in [5.41, 5.74) is 13.9. The number of anilines is 2. The number of nitrogen functional groups attached to an aromatic ring is 2. The standard InChI is InChI=1S/C56H46N2O18S4/c57-40-12-20-44(21-13-40)70-47-25-5-35(31-51(47)78-76-74-62)55(60)36-6-26-48(52(32-36)79(63,64)65)71-43-18-10-39(11-19-43)56(28-2-1-3-29-56)38-8-16-42(17-9-38)69-46-24-4-34(30-50(46)77-75-73-61)54(59)37-7-27-49(53(33-37)80(66,67)68)72-45-22-14-41(58)15-23-45/h4-27,30-33,61-62H,1-3,28-29,57-58H2,(H,63,64,65)(H,66,67,68). The molecular weight excluding hydrogens is 1120 g/mol. The zero-order valence-electron chi connectivity index (χ0n) is 41.5. The molecule has 9 rings (SSSR count). The van der Waals surface area contributed by atoms with Gasteiger partial charge in [0.05, 0.1) is 33.9 Å². The van der Waals surface area contributed by atoms with Gasteiger partial charge in [0.15, 0.2) is 11.6 Å². The first-order chi connectivity index (χ1) is 38.4. The van der Waals surface area contributed by atoms with Crippen LogP contribution in [-0.4, -0.2) is 48.0 Å². The summed E-state index contributed by atoms with van der Waals surface area (Å²) in [4.78, 5) is 26.7. The number of ketones is 2.